The molecule has 2 atom stereocenters. The molecule has 1 amide bonds. The number of sulfonamides is 1. The maximum absolute atomic E-state index is 13.3. The minimum atomic E-state index is -3.67. The molecule has 0 saturated heterocycles. The molecular formula is C24H34N2O4S. The van der Waals surface area contributed by atoms with Gasteiger partial charge in [0.05, 0.1) is 25.1 Å². The van der Waals surface area contributed by atoms with Crippen LogP contribution in [0, 0.1) is 20.8 Å². The highest BCUT2D eigenvalue weighted by Crippen LogP contribution is 2.27. The first kappa shape index (κ1) is 24.7. The highest BCUT2D eigenvalue weighted by molar-refractivity contribution is 7.92. The molecule has 2 rings (SSSR count). The largest absolute Gasteiger partial charge is 0.496 e. The number of ether oxygens (including phenoxy) is 1. The van der Waals surface area contributed by atoms with Crippen LogP contribution in [0.2, 0.25) is 0 Å². The Morgan fingerprint density at radius 1 is 1.00 bits per heavy atom. The number of carbonyl (C=O) groups is 1. The second-order valence-corrected chi connectivity index (χ2v) is 9.81. The van der Waals surface area contributed by atoms with Gasteiger partial charge in [-0.2, -0.15) is 0 Å². The third kappa shape index (κ3) is 5.79. The van der Waals surface area contributed by atoms with E-state index in [0.29, 0.717) is 18.5 Å². The lowest BCUT2D eigenvalue weighted by Gasteiger charge is -2.32. The summed E-state index contributed by atoms with van der Waals surface area (Å²) in [6, 6.07) is 10.2. The van der Waals surface area contributed by atoms with Gasteiger partial charge in [0, 0.05) is 0 Å². The summed E-state index contributed by atoms with van der Waals surface area (Å²) in [7, 11) is -2.05. The van der Waals surface area contributed by atoms with Gasteiger partial charge < -0.3 is 10.1 Å². The van der Waals surface area contributed by atoms with Crippen molar-refractivity contribution in [3.8, 4) is 5.75 Å². The first-order valence-electron chi connectivity index (χ1n) is 10.5. The summed E-state index contributed by atoms with van der Waals surface area (Å²) in [5.74, 6) is 0.473. The molecule has 2 aromatic rings. The lowest BCUT2D eigenvalue weighted by Crippen LogP contribution is -2.50. The van der Waals surface area contributed by atoms with E-state index in [4.69, 9.17) is 4.74 Å². The summed E-state index contributed by atoms with van der Waals surface area (Å²) in [6.07, 6.45) is 2.17. The molecule has 0 saturated carbocycles. The van der Waals surface area contributed by atoms with Gasteiger partial charge in [0.25, 0.3) is 0 Å². The van der Waals surface area contributed by atoms with E-state index in [1.54, 1.807) is 13.2 Å². The Balaban J connectivity index is 2.38. The highest BCUT2D eigenvalue weighted by atomic mass is 32.2. The van der Waals surface area contributed by atoms with Crippen LogP contribution in [0.25, 0.3) is 0 Å². The zero-order chi connectivity index (χ0) is 23.3. The Kier molecular flexibility index (Phi) is 8.12. The maximum atomic E-state index is 13.3. The molecule has 0 aliphatic rings. The van der Waals surface area contributed by atoms with Crippen molar-refractivity contribution in [3.05, 3.63) is 58.7 Å². The number of rotatable bonds is 9. The first-order valence-corrected chi connectivity index (χ1v) is 12.4. The average molecular weight is 447 g/mol. The predicted molar refractivity (Wildman–Crippen MR) is 126 cm³/mol. The number of hydrogen-bond donors (Lipinski definition) is 1. The van der Waals surface area contributed by atoms with Crippen molar-refractivity contribution in [2.24, 2.45) is 0 Å². The molecule has 0 aromatic heterocycles. The van der Waals surface area contributed by atoms with Crippen molar-refractivity contribution in [1.82, 2.24) is 5.32 Å². The molecule has 31 heavy (non-hydrogen) atoms. The van der Waals surface area contributed by atoms with Crippen LogP contribution in [-0.4, -0.2) is 33.7 Å². The Bertz CT molecular complexity index is 1030. The van der Waals surface area contributed by atoms with Crippen LogP contribution >= 0.6 is 0 Å². The van der Waals surface area contributed by atoms with Crippen LogP contribution in [0.3, 0.4) is 0 Å². The van der Waals surface area contributed by atoms with Crippen LogP contribution < -0.4 is 14.4 Å². The molecule has 0 aliphatic carbocycles. The molecule has 0 aliphatic heterocycles. The van der Waals surface area contributed by atoms with Crippen LogP contribution in [0.15, 0.2) is 36.4 Å². The fourth-order valence-corrected chi connectivity index (χ4v) is 4.93. The van der Waals surface area contributed by atoms with Gasteiger partial charge in [-0.3, -0.25) is 9.10 Å². The zero-order valence-electron chi connectivity index (χ0n) is 19.5. The summed E-state index contributed by atoms with van der Waals surface area (Å²) in [5.41, 5.74) is 4.48. The molecule has 170 valence electrons. The van der Waals surface area contributed by atoms with Gasteiger partial charge >= 0.3 is 0 Å². The van der Waals surface area contributed by atoms with Crippen molar-refractivity contribution < 1.29 is 17.9 Å². The van der Waals surface area contributed by atoms with Gasteiger partial charge in [-0.15, -0.1) is 0 Å². The van der Waals surface area contributed by atoms with E-state index in [2.05, 4.69) is 5.32 Å². The minimum Gasteiger partial charge on any atom is -0.496 e. The summed E-state index contributed by atoms with van der Waals surface area (Å²) in [4.78, 5) is 13.3. The monoisotopic (exact) mass is 446 g/mol. The Morgan fingerprint density at radius 3 is 2.16 bits per heavy atom. The van der Waals surface area contributed by atoms with Gasteiger partial charge in [-0.1, -0.05) is 32.0 Å². The second kappa shape index (κ2) is 10.2. The molecule has 0 radical (unpaired) electrons. The molecule has 2 unspecified atom stereocenters. The lowest BCUT2D eigenvalue weighted by molar-refractivity contribution is -0.123. The van der Waals surface area contributed by atoms with Crippen molar-refractivity contribution in [3.63, 3.8) is 0 Å². The zero-order valence-corrected chi connectivity index (χ0v) is 20.3. The van der Waals surface area contributed by atoms with E-state index in [0.717, 1.165) is 34.3 Å². The van der Waals surface area contributed by atoms with Gasteiger partial charge in [-0.25, -0.2) is 8.42 Å². The molecule has 1 N–H and O–H groups in total. The Morgan fingerprint density at radius 2 is 1.68 bits per heavy atom. The smallest absolute Gasteiger partial charge is 0.244 e. The number of methoxy groups -OCH3 is 1. The fraction of sp³-hybridized carbons (Fsp3) is 0.458. The number of hydrogen-bond acceptors (Lipinski definition) is 4. The van der Waals surface area contributed by atoms with Crippen LogP contribution in [0.5, 0.6) is 5.75 Å². The van der Waals surface area contributed by atoms with E-state index >= 15 is 0 Å². The Hall–Kier alpha value is -2.54. The average Bonchev–Trinajstić information content (AvgIpc) is 2.71. The minimum absolute atomic E-state index is 0.229. The summed E-state index contributed by atoms with van der Waals surface area (Å²) < 4.78 is 32.0. The molecule has 0 fully saturated rings. The number of benzene rings is 2. The highest BCUT2D eigenvalue weighted by Gasteiger charge is 2.32. The normalized spacial score (nSPS) is 13.4. The van der Waals surface area contributed by atoms with Gasteiger partial charge in [0.1, 0.15) is 11.8 Å². The van der Waals surface area contributed by atoms with Gasteiger partial charge in [0.2, 0.25) is 15.9 Å². The summed E-state index contributed by atoms with van der Waals surface area (Å²) in [6.45, 7) is 9.66. The number of nitrogens with one attached hydrogen (secondary N) is 1. The maximum Gasteiger partial charge on any atom is 0.244 e. The first-order chi connectivity index (χ1) is 14.5. The van der Waals surface area contributed by atoms with Crippen LogP contribution in [0.1, 0.15) is 55.0 Å². The molecule has 0 spiro atoms. The third-order valence-electron chi connectivity index (χ3n) is 5.62. The molecule has 2 aromatic carbocycles. The number of anilines is 1. The van der Waals surface area contributed by atoms with Crippen molar-refractivity contribution >= 4 is 21.6 Å². The number of nitrogens with zero attached hydrogens (tertiary/aromatic N) is 1. The molecule has 0 bridgehead atoms. The van der Waals surface area contributed by atoms with E-state index < -0.39 is 16.1 Å². The van der Waals surface area contributed by atoms with Crippen molar-refractivity contribution in [2.75, 3.05) is 17.7 Å². The number of amides is 1. The van der Waals surface area contributed by atoms with Crippen LogP contribution in [-0.2, 0) is 14.8 Å². The predicted octanol–water partition coefficient (Wildman–Crippen LogP) is 4.43. The van der Waals surface area contributed by atoms with Crippen LogP contribution in [0.4, 0.5) is 5.69 Å². The van der Waals surface area contributed by atoms with Crippen molar-refractivity contribution in [2.45, 2.75) is 59.5 Å². The van der Waals surface area contributed by atoms with Crippen molar-refractivity contribution in [1.29, 1.82) is 0 Å². The number of carbonyl (C=O) groups excluding carboxylic acids is 1. The van der Waals surface area contributed by atoms with E-state index in [-0.39, 0.29) is 11.9 Å². The van der Waals surface area contributed by atoms with E-state index in [1.165, 1.54) is 4.31 Å². The molecule has 6 nitrogen and oxygen atoms in total. The standard InChI is InChI=1S/C24H34N2O4S/c1-8-21(19-11-13-23(30-6)18(5)14-19)25-24(27)22(9-2)26(31(7,28)29)20-12-10-16(3)17(4)15-20/h10-15,21-22H,8-9H2,1-7H3,(H,25,27). The molecule has 7 heteroatoms. The number of aryl methyl sites for hydroxylation is 3. The topological polar surface area (TPSA) is 75.7 Å². The summed E-state index contributed by atoms with van der Waals surface area (Å²) >= 11 is 0. The van der Waals surface area contributed by atoms with Gasteiger partial charge in [-0.05, 0) is 74.1 Å². The quantitative estimate of drug-likeness (QED) is 0.618. The molecule has 0 heterocycles. The summed E-state index contributed by atoms with van der Waals surface area (Å²) in [5, 5.41) is 3.06. The third-order valence-corrected chi connectivity index (χ3v) is 6.80. The Labute approximate surface area is 186 Å². The molecular weight excluding hydrogens is 412 g/mol. The van der Waals surface area contributed by atoms with E-state index in [1.807, 2.05) is 65.0 Å². The van der Waals surface area contributed by atoms with Gasteiger partial charge in [0.15, 0.2) is 0 Å². The SMILES string of the molecule is CCC(NC(=O)C(CC)N(c1ccc(C)c(C)c1)S(C)(=O)=O)c1ccc(OC)c(C)c1. The lowest BCUT2D eigenvalue weighted by atomic mass is 10.0. The fourth-order valence-electron chi connectivity index (χ4n) is 3.73. The van der Waals surface area contributed by atoms with E-state index in [9.17, 15) is 13.2 Å². The second-order valence-electron chi connectivity index (χ2n) is 7.95.